The highest BCUT2D eigenvalue weighted by Crippen LogP contribution is 2.36. The van der Waals surface area contributed by atoms with Gasteiger partial charge in [0.2, 0.25) is 5.91 Å². The van der Waals surface area contributed by atoms with E-state index in [0.717, 1.165) is 5.56 Å². The molecular formula is C16H19N3O3. The number of amides is 4. The van der Waals surface area contributed by atoms with Crippen LogP contribution in [0.2, 0.25) is 0 Å². The van der Waals surface area contributed by atoms with Gasteiger partial charge in [0.1, 0.15) is 6.04 Å². The molecular weight excluding hydrogens is 282 g/mol. The van der Waals surface area contributed by atoms with E-state index >= 15 is 0 Å². The molecule has 0 aliphatic carbocycles. The van der Waals surface area contributed by atoms with Crippen molar-refractivity contribution in [1.29, 1.82) is 0 Å². The zero-order valence-electron chi connectivity index (χ0n) is 12.9. The fraction of sp³-hybridized carbons (Fsp3) is 0.438. The average Bonchev–Trinajstić information content (AvgIpc) is 3.27. The minimum Gasteiger partial charge on any atom is -0.326 e. The van der Waals surface area contributed by atoms with E-state index in [-0.39, 0.29) is 29.9 Å². The van der Waals surface area contributed by atoms with Crippen LogP contribution < -0.4 is 0 Å². The van der Waals surface area contributed by atoms with Crippen molar-refractivity contribution in [3.63, 3.8) is 0 Å². The maximum absolute atomic E-state index is 12.7. The lowest BCUT2D eigenvalue weighted by atomic mass is 10.00. The first kappa shape index (κ1) is 14.6. The van der Waals surface area contributed by atoms with Crippen LogP contribution in [-0.4, -0.2) is 58.2 Å². The first-order valence-corrected chi connectivity index (χ1v) is 7.35. The predicted molar refractivity (Wildman–Crippen MR) is 79.8 cm³/mol. The molecule has 0 spiro atoms. The summed E-state index contributed by atoms with van der Waals surface area (Å²) in [5.41, 5.74) is 0.927. The van der Waals surface area contributed by atoms with Gasteiger partial charge in [0.15, 0.2) is 0 Å². The van der Waals surface area contributed by atoms with Crippen LogP contribution in [0.4, 0.5) is 4.79 Å². The molecule has 2 aliphatic heterocycles. The number of hydrogen-bond acceptors (Lipinski definition) is 3. The predicted octanol–water partition coefficient (Wildman–Crippen LogP) is 1.24. The van der Waals surface area contributed by atoms with Crippen molar-refractivity contribution in [3.8, 4) is 0 Å². The number of rotatable bonds is 2. The number of urea groups is 1. The SMILES string of the molecule is CC(=O)N1C[C@@H]1C(=O)N1C(=O)N(C)[C@@H](C)[C@H]1c1ccccc1. The van der Waals surface area contributed by atoms with Crippen LogP contribution >= 0.6 is 0 Å². The van der Waals surface area contributed by atoms with E-state index in [1.165, 1.54) is 16.7 Å². The molecule has 0 radical (unpaired) electrons. The first-order chi connectivity index (χ1) is 10.4. The summed E-state index contributed by atoms with van der Waals surface area (Å²) in [6, 6.07) is 8.31. The van der Waals surface area contributed by atoms with Crippen molar-refractivity contribution in [2.24, 2.45) is 0 Å². The number of imide groups is 1. The molecule has 2 heterocycles. The summed E-state index contributed by atoms with van der Waals surface area (Å²) in [4.78, 5) is 40.9. The normalized spacial score (nSPS) is 27.3. The molecule has 0 N–H and O–H groups in total. The number of benzene rings is 1. The second kappa shape index (κ2) is 5.12. The summed E-state index contributed by atoms with van der Waals surface area (Å²) in [5, 5.41) is 0. The summed E-state index contributed by atoms with van der Waals surface area (Å²) in [7, 11) is 1.70. The van der Waals surface area contributed by atoms with Crippen LogP contribution in [0.5, 0.6) is 0 Å². The molecule has 2 aliphatic rings. The summed E-state index contributed by atoms with van der Waals surface area (Å²) in [5.74, 6) is -0.423. The molecule has 4 amide bonds. The van der Waals surface area contributed by atoms with E-state index in [2.05, 4.69) is 0 Å². The fourth-order valence-corrected chi connectivity index (χ4v) is 3.06. The maximum atomic E-state index is 12.7. The van der Waals surface area contributed by atoms with E-state index in [1.807, 2.05) is 37.3 Å². The van der Waals surface area contributed by atoms with Crippen LogP contribution in [-0.2, 0) is 9.59 Å². The number of likely N-dealkylation sites (N-methyl/N-ethyl adjacent to an activating group) is 1. The van der Waals surface area contributed by atoms with E-state index in [9.17, 15) is 14.4 Å². The Morgan fingerprint density at radius 3 is 2.36 bits per heavy atom. The fourth-order valence-electron chi connectivity index (χ4n) is 3.06. The average molecular weight is 301 g/mol. The quantitative estimate of drug-likeness (QED) is 0.772. The maximum Gasteiger partial charge on any atom is 0.327 e. The Morgan fingerprint density at radius 1 is 1.18 bits per heavy atom. The summed E-state index contributed by atoms with van der Waals surface area (Å²) >= 11 is 0. The number of hydrogen-bond donors (Lipinski definition) is 0. The molecule has 3 rings (SSSR count). The van der Waals surface area contributed by atoms with E-state index < -0.39 is 6.04 Å². The molecule has 116 valence electrons. The highest BCUT2D eigenvalue weighted by Gasteiger charge is 2.52. The van der Waals surface area contributed by atoms with Gasteiger partial charge >= 0.3 is 6.03 Å². The van der Waals surface area contributed by atoms with Gasteiger partial charge in [0, 0.05) is 14.0 Å². The summed E-state index contributed by atoms with van der Waals surface area (Å²) in [6.45, 7) is 3.76. The van der Waals surface area contributed by atoms with E-state index in [1.54, 1.807) is 11.9 Å². The second-order valence-electron chi connectivity index (χ2n) is 5.89. The van der Waals surface area contributed by atoms with Gasteiger partial charge in [-0.15, -0.1) is 0 Å². The van der Waals surface area contributed by atoms with Gasteiger partial charge in [-0.3, -0.25) is 14.5 Å². The zero-order chi connectivity index (χ0) is 16.0. The van der Waals surface area contributed by atoms with Crippen molar-refractivity contribution in [3.05, 3.63) is 35.9 Å². The zero-order valence-corrected chi connectivity index (χ0v) is 12.9. The third kappa shape index (κ3) is 2.15. The van der Waals surface area contributed by atoms with E-state index in [4.69, 9.17) is 0 Å². The molecule has 6 nitrogen and oxygen atoms in total. The lowest BCUT2D eigenvalue weighted by Gasteiger charge is -2.24. The molecule has 22 heavy (non-hydrogen) atoms. The van der Waals surface area contributed by atoms with E-state index in [0.29, 0.717) is 6.54 Å². The largest absolute Gasteiger partial charge is 0.327 e. The number of carbonyl (C=O) groups excluding carboxylic acids is 3. The van der Waals surface area contributed by atoms with Gasteiger partial charge in [0.25, 0.3) is 5.91 Å². The molecule has 1 aromatic carbocycles. The highest BCUT2D eigenvalue weighted by molar-refractivity contribution is 6.02. The Bertz CT molecular complexity index is 631. The first-order valence-electron chi connectivity index (χ1n) is 7.35. The third-order valence-corrected chi connectivity index (χ3v) is 4.53. The van der Waals surface area contributed by atoms with Crippen LogP contribution in [0.15, 0.2) is 30.3 Å². The molecule has 6 heteroatoms. The van der Waals surface area contributed by atoms with Crippen molar-refractivity contribution in [2.45, 2.75) is 32.0 Å². The molecule has 3 atom stereocenters. The lowest BCUT2D eigenvalue weighted by molar-refractivity contribution is -0.133. The summed E-state index contributed by atoms with van der Waals surface area (Å²) < 4.78 is 0. The standard InChI is InChI=1S/C16H19N3O3/c1-10-14(12-7-5-4-6-8-12)19(16(22)17(10)3)15(21)13-9-18(13)11(2)20/h4-8,10,13-14H,9H2,1-3H3/t10-,13+,14-,18?/m0/s1. The van der Waals surface area contributed by atoms with Crippen molar-refractivity contribution < 1.29 is 14.4 Å². The molecule has 2 fully saturated rings. The molecule has 0 unspecified atom stereocenters. The van der Waals surface area contributed by atoms with Crippen molar-refractivity contribution in [1.82, 2.24) is 14.7 Å². The Labute approximate surface area is 129 Å². The van der Waals surface area contributed by atoms with Gasteiger partial charge in [-0.2, -0.15) is 0 Å². The van der Waals surface area contributed by atoms with Gasteiger partial charge in [0.05, 0.1) is 18.6 Å². The molecule has 2 saturated heterocycles. The molecule has 0 aromatic heterocycles. The number of nitrogens with zero attached hydrogens (tertiary/aromatic N) is 3. The Morgan fingerprint density at radius 2 is 1.82 bits per heavy atom. The van der Waals surface area contributed by atoms with Crippen LogP contribution in [0, 0.1) is 0 Å². The molecule has 0 saturated carbocycles. The number of carbonyl (C=O) groups is 3. The Balaban J connectivity index is 1.91. The lowest BCUT2D eigenvalue weighted by Crippen LogP contribution is -2.40. The Kier molecular flexibility index (Phi) is 3.39. The third-order valence-electron chi connectivity index (χ3n) is 4.53. The van der Waals surface area contributed by atoms with Crippen molar-refractivity contribution >= 4 is 17.8 Å². The topological polar surface area (TPSA) is 60.7 Å². The summed E-state index contributed by atoms with van der Waals surface area (Å²) in [6.07, 6.45) is 0. The van der Waals surface area contributed by atoms with Gasteiger partial charge in [-0.25, -0.2) is 4.79 Å². The minimum atomic E-state index is -0.494. The van der Waals surface area contributed by atoms with Crippen LogP contribution in [0.1, 0.15) is 25.5 Å². The van der Waals surface area contributed by atoms with Crippen LogP contribution in [0.25, 0.3) is 0 Å². The smallest absolute Gasteiger partial charge is 0.326 e. The van der Waals surface area contributed by atoms with Crippen molar-refractivity contribution in [2.75, 3.05) is 13.6 Å². The minimum absolute atomic E-state index is 0.108. The highest BCUT2D eigenvalue weighted by atomic mass is 16.2. The van der Waals surface area contributed by atoms with Crippen LogP contribution in [0.3, 0.4) is 0 Å². The van der Waals surface area contributed by atoms with Gasteiger partial charge in [-0.05, 0) is 12.5 Å². The molecule has 0 bridgehead atoms. The Hall–Kier alpha value is -2.37. The van der Waals surface area contributed by atoms with Gasteiger partial charge < -0.3 is 9.80 Å². The monoisotopic (exact) mass is 301 g/mol. The second-order valence-corrected chi connectivity index (χ2v) is 5.89. The molecule has 1 aromatic rings. The van der Waals surface area contributed by atoms with Gasteiger partial charge in [-0.1, -0.05) is 30.3 Å².